The summed E-state index contributed by atoms with van der Waals surface area (Å²) in [5.41, 5.74) is 2.24. The number of piperidine rings is 1. The van der Waals surface area contributed by atoms with Crippen LogP contribution in [-0.2, 0) is 16.1 Å². The number of piperazine rings is 1. The van der Waals surface area contributed by atoms with E-state index >= 15 is 4.39 Å². The summed E-state index contributed by atoms with van der Waals surface area (Å²) >= 11 is 0. The first-order valence-electron chi connectivity index (χ1n) is 22.3. The van der Waals surface area contributed by atoms with E-state index in [0.29, 0.717) is 54.0 Å². The summed E-state index contributed by atoms with van der Waals surface area (Å²) in [6, 6.07) is 15.6. The van der Waals surface area contributed by atoms with Crippen molar-refractivity contribution in [2.75, 3.05) is 58.3 Å². The number of halogens is 1. The van der Waals surface area contributed by atoms with E-state index < -0.39 is 29.6 Å². The Labute approximate surface area is 407 Å². The van der Waals surface area contributed by atoms with Crippen molar-refractivity contribution in [3.63, 3.8) is 0 Å². The van der Waals surface area contributed by atoms with Crippen LogP contribution in [0.2, 0.25) is 0 Å². The zero-order valence-corrected chi connectivity index (χ0v) is 40.6. The number of phenolic OH excluding ortho intramolecular Hbond substituents is 1. The molecule has 4 amide bonds. The number of pyridine rings is 1. The molecule has 3 aromatic carbocycles. The molecule has 0 bridgehead atoms. The van der Waals surface area contributed by atoms with Crippen LogP contribution < -0.4 is 49.8 Å². The van der Waals surface area contributed by atoms with E-state index in [-0.39, 0.29) is 76.8 Å². The topological polar surface area (TPSA) is 173 Å². The summed E-state index contributed by atoms with van der Waals surface area (Å²) in [5, 5.41) is 18.2. The molecule has 66 heavy (non-hydrogen) atoms. The van der Waals surface area contributed by atoms with Gasteiger partial charge >= 0.3 is 35.6 Å². The number of carbonyl (C=O) groups is 4. The Bertz CT molecular complexity index is 2560. The average molecular weight is 911 g/mol. The Morgan fingerprint density at radius 3 is 2.20 bits per heavy atom. The van der Waals surface area contributed by atoms with Crippen LogP contribution in [-0.4, -0.2) is 130 Å². The summed E-state index contributed by atoms with van der Waals surface area (Å²) in [6.07, 6.45) is 6.68. The van der Waals surface area contributed by atoms with Crippen molar-refractivity contribution in [2.24, 2.45) is 0 Å². The number of phenols is 1. The number of fused-ring (bicyclic) bond motifs is 3. The van der Waals surface area contributed by atoms with Crippen LogP contribution in [0.1, 0.15) is 78.7 Å². The van der Waals surface area contributed by atoms with E-state index in [0.717, 1.165) is 47.2 Å². The van der Waals surface area contributed by atoms with Gasteiger partial charge in [-0.15, -0.1) is 13.1 Å². The Balaban J connectivity index is 0.000000197. The summed E-state index contributed by atoms with van der Waals surface area (Å²) in [6.45, 7) is 17.8. The number of ether oxygens (including phenoxy) is 1. The van der Waals surface area contributed by atoms with Crippen LogP contribution in [0.4, 0.5) is 10.2 Å². The number of nitrogens with one attached hydrogen (secondary N) is 2. The largest absolute Gasteiger partial charge is 1.00 e. The molecule has 4 aliphatic rings. The second-order valence-electron chi connectivity index (χ2n) is 16.8. The van der Waals surface area contributed by atoms with Gasteiger partial charge in [0, 0.05) is 49.9 Å². The van der Waals surface area contributed by atoms with Crippen molar-refractivity contribution in [1.29, 1.82) is 0 Å². The number of methoxy groups -OCH3 is 1. The number of aromatic hydroxyl groups is 1. The van der Waals surface area contributed by atoms with Crippen molar-refractivity contribution < 1.29 is 63.0 Å². The molecule has 15 nitrogen and oxygen atoms in total. The number of imide groups is 2. The minimum Gasteiger partial charge on any atom is -0.508 e. The number of hydrogen-bond donors (Lipinski definition) is 3. The third kappa shape index (κ3) is 11.0. The normalized spacial score (nSPS) is 19.5. The van der Waals surface area contributed by atoms with Gasteiger partial charge < -0.3 is 43.7 Å². The molecule has 3 saturated heterocycles. The third-order valence-electron chi connectivity index (χ3n) is 12.4. The number of amides is 4. The van der Waals surface area contributed by atoms with Gasteiger partial charge in [0.15, 0.2) is 5.82 Å². The molecule has 0 aliphatic carbocycles. The minimum atomic E-state index is -0.940. The van der Waals surface area contributed by atoms with Crippen LogP contribution in [0, 0.1) is 19.7 Å². The van der Waals surface area contributed by atoms with E-state index in [1.54, 1.807) is 30.5 Å². The third-order valence-corrected chi connectivity index (χ3v) is 12.4. The SMILES string of the molecule is CCC1CN(c2nc(OC)nc3c(F)c(-c4cc(O)cc5ccccc45)ncc23)CC(CC)N1.CN1CCCC1.[CH2-]CN(C[CH2-])Cc1ccc2c(c1)C(=O)N(C1CCC(=O)NC1=O)C2=O.[Na+]. The maximum absolute atomic E-state index is 16.0. The van der Waals surface area contributed by atoms with Gasteiger partial charge in [0.25, 0.3) is 11.8 Å². The predicted octanol–water partition coefficient (Wildman–Crippen LogP) is 2.94. The first-order chi connectivity index (χ1) is 31.4. The predicted molar refractivity (Wildman–Crippen MR) is 248 cm³/mol. The number of carbonyl (C=O) groups excluding carboxylic acids is 4. The molecule has 5 aromatic rings. The van der Waals surface area contributed by atoms with Crippen molar-refractivity contribution in [2.45, 2.75) is 77.0 Å². The Morgan fingerprint density at radius 1 is 0.894 bits per heavy atom. The maximum Gasteiger partial charge on any atom is 1.00 e. The second kappa shape index (κ2) is 22.6. The fraction of sp³-hybridized carbons (Fsp3) is 0.408. The maximum atomic E-state index is 16.0. The fourth-order valence-corrected chi connectivity index (χ4v) is 8.76. The summed E-state index contributed by atoms with van der Waals surface area (Å²) in [4.78, 5) is 69.6. The standard InChI is InChI=1S/C26H28FN5O2.C18H19N3O4.C5H11N.Na/c1-4-16-13-32(14-17(5-2)29-16)25-21-12-28-23(22(27)24(21)30-26(31-25)34-3)20-11-18(33)10-15-8-6-7-9-19(15)20;1-3-20(4-2)10-11-5-6-12-13(9-11)18(25)21(17(12)24)14-7-8-15(22)19-16(14)23;1-6-4-2-3-5-6;/h6-12,16-17,29,33H,4-5,13-14H2,1-3H3;5-6,9,14H,1-4,7-8,10H2,(H,19,22,23);2-5H2,1H3;/q;-2;;+1. The molecule has 17 heteroatoms. The molecule has 3 N–H and O–H groups in total. The van der Waals surface area contributed by atoms with E-state index in [4.69, 9.17) is 4.74 Å². The number of aromatic nitrogens is 3. The number of nitrogens with zero attached hydrogens (tertiary/aromatic N) is 7. The van der Waals surface area contributed by atoms with Gasteiger partial charge in [0.05, 0.1) is 23.6 Å². The molecule has 0 radical (unpaired) electrons. The first-order valence-corrected chi connectivity index (χ1v) is 22.3. The van der Waals surface area contributed by atoms with Crippen LogP contribution >= 0.6 is 0 Å². The molecule has 3 fully saturated rings. The van der Waals surface area contributed by atoms with Gasteiger partial charge in [0.2, 0.25) is 11.8 Å². The molecule has 4 aliphatic heterocycles. The van der Waals surface area contributed by atoms with Crippen LogP contribution in [0.5, 0.6) is 11.8 Å². The zero-order chi connectivity index (χ0) is 46.4. The van der Waals surface area contributed by atoms with E-state index in [9.17, 15) is 24.3 Å². The van der Waals surface area contributed by atoms with Gasteiger partial charge in [-0.1, -0.05) is 44.2 Å². The van der Waals surface area contributed by atoms with E-state index in [1.807, 2.05) is 29.2 Å². The minimum absolute atomic E-state index is 0. The summed E-state index contributed by atoms with van der Waals surface area (Å²) in [5.74, 6) is -1.87. The molecule has 344 valence electrons. The van der Waals surface area contributed by atoms with Crippen LogP contribution in [0.25, 0.3) is 32.9 Å². The van der Waals surface area contributed by atoms with Crippen molar-refractivity contribution >= 4 is 51.1 Å². The van der Waals surface area contributed by atoms with Gasteiger partial charge in [-0.2, -0.15) is 9.97 Å². The second-order valence-corrected chi connectivity index (χ2v) is 16.8. The van der Waals surface area contributed by atoms with Crippen LogP contribution in [0.3, 0.4) is 0 Å². The molecular formula is C49H58FN9NaO6-. The van der Waals surface area contributed by atoms with Crippen molar-refractivity contribution in [1.82, 2.24) is 40.3 Å². The molecule has 0 spiro atoms. The summed E-state index contributed by atoms with van der Waals surface area (Å²) < 4.78 is 21.4. The van der Waals surface area contributed by atoms with Crippen molar-refractivity contribution in [3.8, 4) is 23.0 Å². The van der Waals surface area contributed by atoms with Gasteiger partial charge in [-0.25, -0.2) is 4.39 Å². The van der Waals surface area contributed by atoms with Gasteiger partial charge in [-0.05, 0) is 92.8 Å². The Hall–Kier alpha value is -5.10. The molecule has 6 heterocycles. The van der Waals surface area contributed by atoms with Crippen LogP contribution in [0.15, 0.2) is 60.8 Å². The molecule has 9 rings (SSSR count). The Kier molecular flexibility index (Phi) is 17.2. The monoisotopic (exact) mass is 910 g/mol. The molecule has 3 unspecified atom stereocenters. The number of anilines is 1. The number of benzene rings is 3. The average Bonchev–Trinajstić information content (AvgIpc) is 3.90. The number of likely N-dealkylation sites (tertiary alicyclic amines) is 1. The first kappa shape index (κ1) is 50.3. The zero-order valence-electron chi connectivity index (χ0n) is 38.6. The molecule has 0 saturated carbocycles. The smallest absolute Gasteiger partial charge is 0.508 e. The quantitative estimate of drug-likeness (QED) is 0.106. The van der Waals surface area contributed by atoms with Gasteiger partial charge in [0.1, 0.15) is 28.8 Å². The molecular weight excluding hydrogens is 853 g/mol. The number of hydrogen-bond acceptors (Lipinski definition) is 13. The Morgan fingerprint density at radius 2 is 1.58 bits per heavy atom. The van der Waals surface area contributed by atoms with E-state index in [1.165, 1.54) is 39.1 Å². The van der Waals surface area contributed by atoms with E-state index in [2.05, 4.69) is 70.1 Å². The van der Waals surface area contributed by atoms with Crippen molar-refractivity contribution in [3.05, 3.63) is 97.1 Å². The molecule has 3 atom stereocenters. The molecule has 2 aromatic heterocycles. The summed E-state index contributed by atoms with van der Waals surface area (Å²) in [7, 11) is 3.65. The van der Waals surface area contributed by atoms with Gasteiger partial charge in [-0.3, -0.25) is 34.4 Å². The fourth-order valence-electron chi connectivity index (χ4n) is 8.76. The number of rotatable bonds is 10.